The van der Waals surface area contributed by atoms with Crippen molar-refractivity contribution >= 4 is 6.21 Å². The number of nitrogens with zero attached hydrogens (tertiary/aromatic N) is 1. The van der Waals surface area contributed by atoms with Gasteiger partial charge in [0.15, 0.2) is 0 Å². The van der Waals surface area contributed by atoms with Crippen molar-refractivity contribution in [2.24, 2.45) is 16.3 Å². The van der Waals surface area contributed by atoms with Crippen LogP contribution in [0.1, 0.15) is 105 Å². The van der Waals surface area contributed by atoms with Crippen LogP contribution < -0.4 is 0 Å². The Bertz CT molecular complexity index is 274. The molecule has 0 fully saturated rings. The van der Waals surface area contributed by atoms with Crippen LogP contribution in [0.5, 0.6) is 0 Å². The van der Waals surface area contributed by atoms with E-state index in [4.69, 9.17) is 4.99 Å². The quantitative estimate of drug-likeness (QED) is 0.528. The lowest BCUT2D eigenvalue weighted by Gasteiger charge is -2.30. The van der Waals surface area contributed by atoms with Crippen molar-refractivity contribution in [3.05, 3.63) is 0 Å². The molecule has 1 rings (SSSR count). The highest BCUT2D eigenvalue weighted by Crippen LogP contribution is 2.33. The molecule has 1 unspecified atom stereocenters. The van der Waals surface area contributed by atoms with Crippen LogP contribution in [0.2, 0.25) is 0 Å². The van der Waals surface area contributed by atoms with Gasteiger partial charge in [0.2, 0.25) is 0 Å². The lowest BCUT2D eigenvalue weighted by Crippen LogP contribution is -2.25. The highest BCUT2D eigenvalue weighted by Gasteiger charge is 2.25. The zero-order valence-corrected chi connectivity index (χ0v) is 15.2. The summed E-state index contributed by atoms with van der Waals surface area (Å²) in [5.41, 5.74) is 0.378. The van der Waals surface area contributed by atoms with Gasteiger partial charge in [0.05, 0.1) is 6.04 Å². The Morgan fingerprint density at radius 2 is 1.48 bits per heavy atom. The van der Waals surface area contributed by atoms with Crippen molar-refractivity contribution in [3.63, 3.8) is 0 Å². The van der Waals surface area contributed by atoms with Gasteiger partial charge in [-0.05, 0) is 31.6 Å². The Balaban J connectivity index is 2.87. The van der Waals surface area contributed by atoms with Crippen molar-refractivity contribution in [1.29, 1.82) is 0 Å². The van der Waals surface area contributed by atoms with Crippen molar-refractivity contribution in [3.8, 4) is 0 Å². The SMILES string of the molecule is CCC(CC)C1CCCCCCCCC(CC)(CC)C=N1. The van der Waals surface area contributed by atoms with Gasteiger partial charge in [0.25, 0.3) is 0 Å². The first-order chi connectivity index (χ1) is 10.2. The van der Waals surface area contributed by atoms with Crippen molar-refractivity contribution in [2.75, 3.05) is 0 Å². The molecule has 0 aromatic rings. The number of aliphatic imine (C=N–C) groups is 1. The fourth-order valence-corrected chi connectivity index (χ4v) is 3.91. The van der Waals surface area contributed by atoms with Gasteiger partial charge in [0.1, 0.15) is 0 Å². The molecule has 0 saturated carbocycles. The van der Waals surface area contributed by atoms with Crippen molar-refractivity contribution < 1.29 is 0 Å². The van der Waals surface area contributed by atoms with E-state index in [1.165, 1.54) is 77.0 Å². The lowest BCUT2D eigenvalue weighted by atomic mass is 9.78. The fraction of sp³-hybridized carbons (Fsp3) is 0.950. The second-order valence-corrected chi connectivity index (χ2v) is 7.15. The molecular formula is C20H39N. The fourth-order valence-electron chi connectivity index (χ4n) is 3.91. The Hall–Kier alpha value is -0.330. The Labute approximate surface area is 134 Å². The molecule has 0 aromatic heterocycles. The third-order valence-electron chi connectivity index (χ3n) is 5.97. The first-order valence-electron chi connectivity index (χ1n) is 9.75. The highest BCUT2D eigenvalue weighted by molar-refractivity contribution is 5.65. The summed E-state index contributed by atoms with van der Waals surface area (Å²) in [5.74, 6) is 0.788. The van der Waals surface area contributed by atoms with Gasteiger partial charge in [-0.15, -0.1) is 0 Å². The standard InChI is InChI=1S/C20H39N/c1-5-18(6-2)19-15-13-11-9-10-12-14-16-20(7-3,8-4)17-21-19/h17-19H,5-16H2,1-4H3. The largest absolute Gasteiger partial charge is 0.293 e. The normalized spacial score (nSPS) is 24.5. The van der Waals surface area contributed by atoms with Crippen LogP contribution in [-0.2, 0) is 0 Å². The summed E-state index contributed by atoms with van der Waals surface area (Å²) in [4.78, 5) is 5.17. The Morgan fingerprint density at radius 3 is 2.05 bits per heavy atom. The average Bonchev–Trinajstić information content (AvgIpc) is 2.51. The van der Waals surface area contributed by atoms with Gasteiger partial charge in [-0.25, -0.2) is 0 Å². The van der Waals surface area contributed by atoms with Crippen molar-refractivity contribution in [2.45, 2.75) is 111 Å². The minimum Gasteiger partial charge on any atom is -0.293 e. The summed E-state index contributed by atoms with van der Waals surface area (Å²) in [6.45, 7) is 9.39. The van der Waals surface area contributed by atoms with E-state index in [9.17, 15) is 0 Å². The van der Waals surface area contributed by atoms with Gasteiger partial charge >= 0.3 is 0 Å². The molecule has 0 aliphatic carbocycles. The van der Waals surface area contributed by atoms with E-state index in [0.717, 1.165) is 5.92 Å². The second kappa shape index (κ2) is 10.4. The van der Waals surface area contributed by atoms with E-state index in [1.807, 2.05) is 0 Å². The molecule has 0 bridgehead atoms. The summed E-state index contributed by atoms with van der Waals surface area (Å²) < 4.78 is 0. The maximum atomic E-state index is 5.17. The second-order valence-electron chi connectivity index (χ2n) is 7.15. The molecule has 0 N–H and O–H groups in total. The molecule has 1 heterocycles. The minimum atomic E-state index is 0.378. The van der Waals surface area contributed by atoms with E-state index in [-0.39, 0.29) is 0 Å². The van der Waals surface area contributed by atoms with Gasteiger partial charge in [-0.3, -0.25) is 4.99 Å². The summed E-state index contributed by atoms with van der Waals surface area (Å²) in [6, 6.07) is 0.580. The zero-order chi connectivity index (χ0) is 15.6. The monoisotopic (exact) mass is 293 g/mol. The molecule has 0 saturated heterocycles. The molecule has 1 heteroatoms. The van der Waals surface area contributed by atoms with Crippen LogP contribution in [0.15, 0.2) is 4.99 Å². The number of hydrogen-bond donors (Lipinski definition) is 0. The van der Waals surface area contributed by atoms with Crippen LogP contribution in [0, 0.1) is 11.3 Å². The molecule has 124 valence electrons. The van der Waals surface area contributed by atoms with E-state index in [1.54, 1.807) is 0 Å². The van der Waals surface area contributed by atoms with Crippen molar-refractivity contribution in [1.82, 2.24) is 0 Å². The molecule has 1 aliphatic rings. The van der Waals surface area contributed by atoms with Gasteiger partial charge in [0, 0.05) is 11.6 Å². The summed E-state index contributed by atoms with van der Waals surface area (Å²) >= 11 is 0. The molecule has 0 radical (unpaired) electrons. The Morgan fingerprint density at radius 1 is 0.905 bits per heavy atom. The third kappa shape index (κ3) is 6.12. The van der Waals surface area contributed by atoms with Gasteiger partial charge < -0.3 is 0 Å². The summed E-state index contributed by atoms with van der Waals surface area (Å²) in [7, 11) is 0. The average molecular weight is 294 g/mol. The molecule has 0 spiro atoms. The molecule has 0 amide bonds. The molecule has 1 atom stereocenters. The van der Waals surface area contributed by atoms with Crippen LogP contribution >= 0.6 is 0 Å². The summed E-state index contributed by atoms with van der Waals surface area (Å²) in [5, 5.41) is 0. The van der Waals surface area contributed by atoms with E-state index >= 15 is 0 Å². The maximum absolute atomic E-state index is 5.17. The molecule has 21 heavy (non-hydrogen) atoms. The highest BCUT2D eigenvalue weighted by atomic mass is 14.8. The van der Waals surface area contributed by atoms with Crippen LogP contribution in [-0.4, -0.2) is 12.3 Å². The zero-order valence-electron chi connectivity index (χ0n) is 15.2. The molecule has 1 aliphatic heterocycles. The first kappa shape index (κ1) is 18.7. The minimum absolute atomic E-state index is 0.378. The third-order valence-corrected chi connectivity index (χ3v) is 5.97. The lowest BCUT2D eigenvalue weighted by molar-refractivity contribution is 0.330. The van der Waals surface area contributed by atoms with Gasteiger partial charge in [-0.1, -0.05) is 79.1 Å². The number of rotatable bonds is 5. The summed E-state index contributed by atoms with van der Waals surface area (Å²) in [6.07, 6.45) is 18.6. The van der Waals surface area contributed by atoms with E-state index < -0.39 is 0 Å². The molecule has 1 nitrogen and oxygen atoms in total. The topological polar surface area (TPSA) is 12.4 Å². The number of hydrogen-bond acceptors (Lipinski definition) is 1. The Kier molecular flexibility index (Phi) is 9.27. The van der Waals surface area contributed by atoms with Crippen LogP contribution in [0.4, 0.5) is 0 Å². The predicted molar refractivity (Wildman–Crippen MR) is 96.3 cm³/mol. The van der Waals surface area contributed by atoms with E-state index in [2.05, 4.69) is 33.9 Å². The smallest absolute Gasteiger partial charge is 0.0523 e. The maximum Gasteiger partial charge on any atom is 0.0523 e. The van der Waals surface area contributed by atoms with Crippen LogP contribution in [0.25, 0.3) is 0 Å². The first-order valence-corrected chi connectivity index (χ1v) is 9.75. The van der Waals surface area contributed by atoms with Gasteiger partial charge in [-0.2, -0.15) is 0 Å². The molecular weight excluding hydrogens is 254 g/mol. The van der Waals surface area contributed by atoms with Crippen LogP contribution in [0.3, 0.4) is 0 Å². The van der Waals surface area contributed by atoms with E-state index in [0.29, 0.717) is 11.5 Å². The predicted octanol–water partition coefficient (Wildman–Crippen LogP) is 6.80. The molecule has 0 aromatic carbocycles.